The molecule has 1 aliphatic heterocycles. The van der Waals surface area contributed by atoms with Crippen molar-refractivity contribution in [2.45, 2.75) is 82.7 Å². The molecule has 1 fully saturated rings. The molecule has 9 heteroatoms. The molecule has 8 nitrogen and oxygen atoms in total. The molecule has 2 aromatic carbocycles. The van der Waals surface area contributed by atoms with E-state index < -0.39 is 45.9 Å². The van der Waals surface area contributed by atoms with E-state index in [2.05, 4.69) is 10.8 Å². The van der Waals surface area contributed by atoms with Gasteiger partial charge in [-0.25, -0.2) is 4.79 Å². The summed E-state index contributed by atoms with van der Waals surface area (Å²) in [4.78, 5) is 26.6. The molecular formula is C28H39N3O5S. The second-order valence-corrected chi connectivity index (χ2v) is 13.7. The Labute approximate surface area is 223 Å². The predicted molar refractivity (Wildman–Crippen MR) is 147 cm³/mol. The summed E-state index contributed by atoms with van der Waals surface area (Å²) in [6.45, 7) is 10.8. The number of hydrogen-bond donors (Lipinski definition) is 1. The lowest BCUT2D eigenvalue weighted by molar-refractivity contribution is -0.492. The Kier molecular flexibility index (Phi) is 8.93. The van der Waals surface area contributed by atoms with Gasteiger partial charge in [-0.2, -0.15) is 0 Å². The molecule has 1 amide bonds. The van der Waals surface area contributed by atoms with Crippen molar-refractivity contribution in [3.63, 3.8) is 0 Å². The summed E-state index contributed by atoms with van der Waals surface area (Å²) in [6, 6.07) is 17.3. The first kappa shape index (κ1) is 28.9. The van der Waals surface area contributed by atoms with Gasteiger partial charge >= 0.3 is 6.09 Å². The molecule has 37 heavy (non-hydrogen) atoms. The zero-order valence-corrected chi connectivity index (χ0v) is 23.5. The largest absolute Gasteiger partial charge is 0.598 e. The minimum Gasteiger partial charge on any atom is -0.598 e. The SMILES string of the molecule is CC(C)(C)OC(=O)N1CCC[C@](C[N+](=O)[O-])(N[S@+]([O-])C(C)(C)C)[C@H]1Cc1cccc(-c2ccccc2)c1. The zero-order valence-electron chi connectivity index (χ0n) is 22.7. The third kappa shape index (κ3) is 7.69. The zero-order chi connectivity index (χ0) is 27.4. The molecule has 1 aliphatic rings. The van der Waals surface area contributed by atoms with Crippen molar-refractivity contribution < 1.29 is 19.0 Å². The van der Waals surface area contributed by atoms with Gasteiger partial charge in [0.1, 0.15) is 15.9 Å². The number of amides is 1. The molecule has 0 bridgehead atoms. The number of hydrogen-bond acceptors (Lipinski definition) is 6. The van der Waals surface area contributed by atoms with Crippen LogP contribution in [0, 0.1) is 10.1 Å². The summed E-state index contributed by atoms with van der Waals surface area (Å²) >= 11 is -1.58. The van der Waals surface area contributed by atoms with Crippen LogP contribution in [0.1, 0.15) is 59.9 Å². The Morgan fingerprint density at radius 2 is 1.76 bits per heavy atom. The van der Waals surface area contributed by atoms with Crippen molar-refractivity contribution in [3.8, 4) is 11.1 Å². The van der Waals surface area contributed by atoms with Gasteiger partial charge in [0.15, 0.2) is 0 Å². The van der Waals surface area contributed by atoms with Crippen LogP contribution in [0.25, 0.3) is 11.1 Å². The summed E-state index contributed by atoms with van der Waals surface area (Å²) in [5.74, 6) is 0. The highest BCUT2D eigenvalue weighted by molar-refractivity contribution is 7.90. The summed E-state index contributed by atoms with van der Waals surface area (Å²) in [6.07, 6.45) is 0.773. The molecule has 1 N–H and O–H groups in total. The number of nitro groups is 1. The number of ether oxygens (including phenoxy) is 1. The molecule has 202 valence electrons. The minimum absolute atomic E-state index is 0.349. The number of nitrogens with zero attached hydrogens (tertiary/aromatic N) is 2. The van der Waals surface area contributed by atoms with Crippen molar-refractivity contribution in [1.29, 1.82) is 0 Å². The third-order valence-corrected chi connectivity index (χ3v) is 8.09. The van der Waals surface area contributed by atoms with Crippen molar-refractivity contribution in [2.24, 2.45) is 0 Å². The van der Waals surface area contributed by atoms with Crippen LogP contribution in [0.2, 0.25) is 0 Å². The number of likely N-dealkylation sites (tertiary alicyclic amines) is 1. The van der Waals surface area contributed by atoms with Crippen molar-refractivity contribution in [1.82, 2.24) is 9.62 Å². The van der Waals surface area contributed by atoms with Crippen LogP contribution in [0.5, 0.6) is 0 Å². The number of nitrogens with one attached hydrogen (secondary N) is 1. The van der Waals surface area contributed by atoms with Gasteiger partial charge in [0.05, 0.1) is 6.04 Å². The third-order valence-electron chi connectivity index (χ3n) is 6.39. The Balaban J connectivity index is 2.07. The summed E-state index contributed by atoms with van der Waals surface area (Å²) in [5, 5.41) is 12.0. The van der Waals surface area contributed by atoms with E-state index in [1.807, 2.05) is 69.3 Å². The second-order valence-electron chi connectivity index (χ2n) is 11.7. The van der Waals surface area contributed by atoms with E-state index >= 15 is 0 Å². The second kappa shape index (κ2) is 11.4. The van der Waals surface area contributed by atoms with Crippen molar-refractivity contribution in [2.75, 3.05) is 13.1 Å². The Morgan fingerprint density at radius 1 is 1.11 bits per heavy atom. The summed E-state index contributed by atoms with van der Waals surface area (Å²) in [5.41, 5.74) is 1.08. The molecule has 2 aromatic rings. The van der Waals surface area contributed by atoms with E-state index in [0.29, 0.717) is 25.8 Å². The maximum Gasteiger partial charge on any atom is 0.410 e. The highest BCUT2D eigenvalue weighted by Crippen LogP contribution is 2.35. The van der Waals surface area contributed by atoms with Gasteiger partial charge in [-0.05, 0) is 77.5 Å². The van der Waals surface area contributed by atoms with E-state index in [4.69, 9.17) is 4.74 Å². The molecular weight excluding hydrogens is 490 g/mol. The van der Waals surface area contributed by atoms with Crippen LogP contribution < -0.4 is 4.72 Å². The molecule has 0 radical (unpaired) electrons. The molecule has 0 aliphatic carbocycles. The molecule has 0 aromatic heterocycles. The Bertz CT molecular complexity index is 1080. The van der Waals surface area contributed by atoms with Crippen LogP contribution in [-0.4, -0.2) is 55.5 Å². The van der Waals surface area contributed by atoms with Gasteiger partial charge in [0, 0.05) is 22.8 Å². The van der Waals surface area contributed by atoms with Gasteiger partial charge < -0.3 is 14.2 Å². The molecule has 1 heterocycles. The van der Waals surface area contributed by atoms with E-state index in [1.54, 1.807) is 25.7 Å². The fraction of sp³-hybridized carbons (Fsp3) is 0.536. The molecule has 0 saturated carbocycles. The number of piperidine rings is 1. The lowest BCUT2D eigenvalue weighted by atomic mass is 9.78. The molecule has 3 rings (SSSR count). The first-order chi connectivity index (χ1) is 17.2. The average Bonchev–Trinajstić information content (AvgIpc) is 2.79. The fourth-order valence-corrected chi connectivity index (χ4v) is 5.64. The van der Waals surface area contributed by atoms with Crippen LogP contribution >= 0.6 is 0 Å². The van der Waals surface area contributed by atoms with E-state index in [0.717, 1.165) is 16.7 Å². The lowest BCUT2D eigenvalue weighted by Gasteiger charge is -2.48. The van der Waals surface area contributed by atoms with Crippen molar-refractivity contribution in [3.05, 3.63) is 70.3 Å². The highest BCUT2D eigenvalue weighted by atomic mass is 32.2. The van der Waals surface area contributed by atoms with Gasteiger partial charge in [-0.1, -0.05) is 54.6 Å². The first-order valence-corrected chi connectivity index (χ1v) is 13.8. The van der Waals surface area contributed by atoms with Crippen molar-refractivity contribution >= 4 is 17.5 Å². The number of benzene rings is 2. The molecule has 0 unspecified atom stereocenters. The molecule has 3 atom stereocenters. The standard InChI is InChI=1S/C28H39N3O5S/c1-26(2,3)36-25(32)30-17-11-16-28(20-31(33)34,29-37(35)27(4,5)6)24(30)19-21-12-10-15-23(18-21)22-13-8-7-9-14-22/h7-10,12-15,18,24,29H,11,16-17,19-20H2,1-6H3/t24-,28-,37-/m1/s1. The van der Waals surface area contributed by atoms with Gasteiger partial charge in [0.2, 0.25) is 6.54 Å². The minimum atomic E-state index is -1.58. The average molecular weight is 530 g/mol. The smallest absolute Gasteiger partial charge is 0.410 e. The van der Waals surface area contributed by atoms with E-state index in [1.165, 1.54) is 0 Å². The Hall–Kier alpha value is -2.62. The number of rotatable bonds is 7. The predicted octanol–water partition coefficient (Wildman–Crippen LogP) is 5.36. The molecule has 0 spiro atoms. The quantitative estimate of drug-likeness (QED) is 0.294. The number of carbonyl (C=O) groups excluding carboxylic acids is 1. The normalized spacial score (nSPS) is 21.4. The van der Waals surface area contributed by atoms with Gasteiger partial charge in [0.25, 0.3) is 0 Å². The van der Waals surface area contributed by atoms with Crippen LogP contribution in [-0.2, 0) is 22.5 Å². The van der Waals surface area contributed by atoms with E-state index in [-0.39, 0.29) is 4.92 Å². The molecule has 1 saturated heterocycles. The van der Waals surface area contributed by atoms with Crippen LogP contribution in [0.3, 0.4) is 0 Å². The van der Waals surface area contributed by atoms with Gasteiger partial charge in [-0.3, -0.25) is 10.1 Å². The fourth-order valence-electron chi connectivity index (χ4n) is 4.67. The topological polar surface area (TPSA) is 108 Å². The van der Waals surface area contributed by atoms with Gasteiger partial charge in [-0.15, -0.1) is 4.72 Å². The first-order valence-electron chi connectivity index (χ1n) is 12.7. The maximum atomic E-state index is 13.4. The summed E-state index contributed by atoms with van der Waals surface area (Å²) in [7, 11) is 0. The number of carbonyl (C=O) groups is 1. The van der Waals surface area contributed by atoms with E-state index in [9.17, 15) is 19.5 Å². The highest BCUT2D eigenvalue weighted by Gasteiger charge is 2.54. The Morgan fingerprint density at radius 3 is 2.35 bits per heavy atom. The lowest BCUT2D eigenvalue weighted by Crippen LogP contribution is -2.70. The maximum absolute atomic E-state index is 13.4. The summed E-state index contributed by atoms with van der Waals surface area (Å²) < 4.78 is 21.5. The van der Waals surface area contributed by atoms with Crippen LogP contribution in [0.15, 0.2) is 54.6 Å². The monoisotopic (exact) mass is 529 g/mol. The van der Waals surface area contributed by atoms with Crippen LogP contribution in [0.4, 0.5) is 4.79 Å².